The van der Waals surface area contributed by atoms with E-state index in [1.807, 2.05) is 0 Å². The topological polar surface area (TPSA) is 90.5 Å². The Balaban J connectivity index is 0.000000194. The van der Waals surface area contributed by atoms with Gasteiger partial charge in [-0.05, 0) is 75.9 Å². The number of anilines is 2. The van der Waals surface area contributed by atoms with E-state index < -0.39 is 17.3 Å². The van der Waals surface area contributed by atoms with Crippen LogP contribution in [0, 0.1) is 24.0 Å². The largest absolute Gasteiger partial charge is 0.478 e. The van der Waals surface area contributed by atoms with E-state index in [0.29, 0.717) is 29.0 Å². The third-order valence-electron chi connectivity index (χ3n) is 5.10. The normalized spacial score (nSPS) is 14.9. The van der Waals surface area contributed by atoms with Crippen LogP contribution in [0.3, 0.4) is 0 Å². The van der Waals surface area contributed by atoms with E-state index in [9.17, 15) is 18.4 Å². The van der Waals surface area contributed by atoms with E-state index in [1.54, 1.807) is 13.8 Å². The van der Waals surface area contributed by atoms with Crippen LogP contribution in [-0.2, 0) is 0 Å². The molecule has 6 nitrogen and oxygen atoms in total. The summed E-state index contributed by atoms with van der Waals surface area (Å²) < 4.78 is 26.1. The monoisotopic (exact) mass is 455 g/mol. The Bertz CT molecular complexity index is 1090. The summed E-state index contributed by atoms with van der Waals surface area (Å²) in [5, 5.41) is 17.7. The molecule has 174 valence electrons. The van der Waals surface area contributed by atoms with Gasteiger partial charge in [0.2, 0.25) is 0 Å². The van der Waals surface area contributed by atoms with Crippen molar-refractivity contribution in [1.29, 1.82) is 0 Å². The highest BCUT2D eigenvalue weighted by molar-refractivity contribution is 6.00. The number of hydrogen-bond acceptors (Lipinski definition) is 4. The van der Waals surface area contributed by atoms with Crippen LogP contribution in [0.4, 0.5) is 20.2 Å². The summed E-state index contributed by atoms with van der Waals surface area (Å²) in [7, 11) is 0. The number of rotatable bonds is 7. The second-order valence-corrected chi connectivity index (χ2v) is 8.75. The molecule has 2 aromatic rings. The van der Waals surface area contributed by atoms with Crippen molar-refractivity contribution < 1.29 is 23.5 Å². The van der Waals surface area contributed by atoms with Gasteiger partial charge in [-0.2, -0.15) is 0 Å². The molecule has 0 unspecified atom stereocenters. The fourth-order valence-electron chi connectivity index (χ4n) is 2.94. The summed E-state index contributed by atoms with van der Waals surface area (Å²) in [5.74, 6) is 0.382. The SMILES string of the molecule is C#CC(C)(C)NC(=O)c1ccc(F)cc1NC1CC1.O=C(O)c1ccc(F)cc1NC1CC1. The Labute approximate surface area is 191 Å². The van der Waals surface area contributed by atoms with Gasteiger partial charge in [0.15, 0.2) is 0 Å². The van der Waals surface area contributed by atoms with E-state index in [0.717, 1.165) is 31.7 Å². The number of amides is 1. The van der Waals surface area contributed by atoms with Gasteiger partial charge in [-0.3, -0.25) is 4.79 Å². The first kappa shape index (κ1) is 24.1. The highest BCUT2D eigenvalue weighted by Gasteiger charge is 2.25. The number of carbonyl (C=O) groups is 2. The molecule has 0 heterocycles. The van der Waals surface area contributed by atoms with Crippen LogP contribution in [0.25, 0.3) is 0 Å². The van der Waals surface area contributed by atoms with E-state index in [1.165, 1.54) is 30.3 Å². The molecule has 2 aromatic carbocycles. The lowest BCUT2D eigenvalue weighted by Gasteiger charge is -2.21. The minimum Gasteiger partial charge on any atom is -0.478 e. The van der Waals surface area contributed by atoms with Crippen LogP contribution in [0.5, 0.6) is 0 Å². The zero-order chi connectivity index (χ0) is 24.2. The van der Waals surface area contributed by atoms with Gasteiger partial charge in [0, 0.05) is 12.1 Å². The van der Waals surface area contributed by atoms with Crippen LogP contribution in [0.1, 0.15) is 60.2 Å². The van der Waals surface area contributed by atoms with Gasteiger partial charge in [0.25, 0.3) is 5.91 Å². The first-order valence-corrected chi connectivity index (χ1v) is 10.7. The Kier molecular flexibility index (Phi) is 7.22. The fourth-order valence-corrected chi connectivity index (χ4v) is 2.94. The molecule has 2 fully saturated rings. The van der Waals surface area contributed by atoms with Gasteiger partial charge in [-0.25, -0.2) is 13.6 Å². The summed E-state index contributed by atoms with van der Waals surface area (Å²) in [6.07, 6.45) is 9.49. The lowest BCUT2D eigenvalue weighted by atomic mass is 10.1. The number of benzene rings is 2. The molecule has 2 aliphatic rings. The molecule has 0 bridgehead atoms. The van der Waals surface area contributed by atoms with Gasteiger partial charge in [0.1, 0.15) is 11.6 Å². The standard InChI is InChI=1S/C15H17FN2O.C10H10FNO2/c1-4-15(2,3)18-14(19)12-8-5-10(16)9-13(12)17-11-6-7-11;11-6-1-4-8(10(13)14)9(5-6)12-7-2-3-7/h1,5,8-9,11,17H,6-7H2,2-3H3,(H,18,19);1,4-5,7,12H,2-3H2,(H,13,14). The van der Waals surface area contributed by atoms with E-state index in [-0.39, 0.29) is 17.3 Å². The molecule has 0 spiro atoms. The summed E-state index contributed by atoms with van der Waals surface area (Å²) in [6.45, 7) is 3.48. The Morgan fingerprint density at radius 2 is 1.39 bits per heavy atom. The molecule has 8 heteroatoms. The zero-order valence-electron chi connectivity index (χ0n) is 18.5. The Hall–Kier alpha value is -3.60. The van der Waals surface area contributed by atoms with Crippen molar-refractivity contribution in [3.8, 4) is 12.3 Å². The predicted octanol–water partition coefficient (Wildman–Crippen LogP) is 4.64. The molecule has 0 saturated heterocycles. The summed E-state index contributed by atoms with van der Waals surface area (Å²) >= 11 is 0. The van der Waals surface area contributed by atoms with Crippen molar-refractivity contribution >= 4 is 23.3 Å². The highest BCUT2D eigenvalue weighted by atomic mass is 19.1. The van der Waals surface area contributed by atoms with E-state index >= 15 is 0 Å². The van der Waals surface area contributed by atoms with Crippen LogP contribution in [0.15, 0.2) is 36.4 Å². The average molecular weight is 456 g/mol. The van der Waals surface area contributed by atoms with Gasteiger partial charge < -0.3 is 21.1 Å². The first-order chi connectivity index (χ1) is 15.6. The van der Waals surface area contributed by atoms with Crippen LogP contribution in [0.2, 0.25) is 0 Å². The Morgan fingerprint density at radius 1 is 0.939 bits per heavy atom. The predicted molar refractivity (Wildman–Crippen MR) is 123 cm³/mol. The number of terminal acetylenes is 1. The summed E-state index contributed by atoms with van der Waals surface area (Å²) in [4.78, 5) is 23.0. The lowest BCUT2D eigenvalue weighted by molar-refractivity contribution is 0.0697. The van der Waals surface area contributed by atoms with Crippen molar-refractivity contribution in [3.63, 3.8) is 0 Å². The molecule has 0 radical (unpaired) electrons. The molecule has 1 amide bonds. The first-order valence-electron chi connectivity index (χ1n) is 10.7. The van der Waals surface area contributed by atoms with Crippen molar-refractivity contribution in [2.45, 2.75) is 57.2 Å². The summed E-state index contributed by atoms with van der Waals surface area (Å²) in [5.41, 5.74) is 0.699. The van der Waals surface area contributed by atoms with E-state index in [4.69, 9.17) is 11.5 Å². The van der Waals surface area contributed by atoms with Gasteiger partial charge in [-0.15, -0.1) is 6.42 Å². The minimum absolute atomic E-state index is 0.123. The molecule has 2 saturated carbocycles. The molecule has 0 aromatic heterocycles. The third kappa shape index (κ3) is 7.21. The Morgan fingerprint density at radius 3 is 1.82 bits per heavy atom. The molecule has 4 N–H and O–H groups in total. The maximum absolute atomic E-state index is 13.3. The highest BCUT2D eigenvalue weighted by Crippen LogP contribution is 2.28. The van der Waals surface area contributed by atoms with Gasteiger partial charge in [0.05, 0.1) is 28.0 Å². The third-order valence-corrected chi connectivity index (χ3v) is 5.10. The van der Waals surface area contributed by atoms with Gasteiger partial charge >= 0.3 is 5.97 Å². The number of nitrogens with one attached hydrogen (secondary N) is 3. The van der Waals surface area contributed by atoms with Crippen molar-refractivity contribution in [2.24, 2.45) is 0 Å². The molecular formula is C25H27F2N3O3. The number of carbonyl (C=O) groups excluding carboxylic acids is 1. The molecule has 4 rings (SSSR count). The number of halogens is 2. The zero-order valence-corrected chi connectivity index (χ0v) is 18.5. The van der Waals surface area contributed by atoms with Gasteiger partial charge in [-0.1, -0.05) is 5.92 Å². The lowest BCUT2D eigenvalue weighted by Crippen LogP contribution is -2.42. The van der Waals surface area contributed by atoms with Crippen LogP contribution >= 0.6 is 0 Å². The fraction of sp³-hybridized carbons (Fsp3) is 0.360. The maximum Gasteiger partial charge on any atom is 0.337 e. The number of hydrogen-bond donors (Lipinski definition) is 4. The van der Waals surface area contributed by atoms with E-state index in [2.05, 4.69) is 21.9 Å². The van der Waals surface area contributed by atoms with Crippen molar-refractivity contribution in [2.75, 3.05) is 10.6 Å². The number of aromatic carboxylic acids is 1. The molecule has 0 atom stereocenters. The van der Waals surface area contributed by atoms with Crippen LogP contribution < -0.4 is 16.0 Å². The summed E-state index contributed by atoms with van der Waals surface area (Å²) in [6, 6.07) is 8.41. The number of carboxylic acids is 1. The molecule has 33 heavy (non-hydrogen) atoms. The van der Waals surface area contributed by atoms with Crippen molar-refractivity contribution in [1.82, 2.24) is 5.32 Å². The number of carboxylic acid groups (broad SMARTS) is 1. The molecule has 0 aliphatic heterocycles. The molecular weight excluding hydrogens is 428 g/mol. The van der Waals surface area contributed by atoms with Crippen molar-refractivity contribution in [3.05, 3.63) is 59.2 Å². The second-order valence-electron chi connectivity index (χ2n) is 8.75. The maximum atomic E-state index is 13.3. The smallest absolute Gasteiger partial charge is 0.337 e. The quantitative estimate of drug-likeness (QED) is 0.457. The average Bonchev–Trinajstić information content (AvgIpc) is 3.65. The minimum atomic E-state index is -1.03. The molecule has 2 aliphatic carbocycles. The van der Waals surface area contributed by atoms with Crippen LogP contribution in [-0.4, -0.2) is 34.6 Å². The second kappa shape index (κ2) is 9.90.